The fourth-order valence-electron chi connectivity index (χ4n) is 2.58. The first-order valence-corrected chi connectivity index (χ1v) is 7.05. The van der Waals surface area contributed by atoms with Crippen LogP contribution in [-0.4, -0.2) is 17.1 Å². The molecule has 0 unspecified atom stereocenters. The maximum Gasteiger partial charge on any atom is 0.120 e. The van der Waals surface area contributed by atoms with Crippen LogP contribution >= 0.6 is 11.6 Å². The minimum absolute atomic E-state index is 0.276. The Morgan fingerprint density at radius 3 is 2.74 bits per heavy atom. The second-order valence-electron chi connectivity index (χ2n) is 5.16. The van der Waals surface area contributed by atoms with Crippen LogP contribution in [0.5, 0.6) is 5.75 Å². The van der Waals surface area contributed by atoms with Crippen molar-refractivity contribution in [2.45, 2.75) is 37.8 Å². The molecule has 3 nitrogen and oxygen atoms in total. The molecule has 1 saturated carbocycles. The van der Waals surface area contributed by atoms with Gasteiger partial charge in [-0.2, -0.15) is 0 Å². The van der Waals surface area contributed by atoms with Crippen LogP contribution in [-0.2, 0) is 0 Å². The lowest BCUT2D eigenvalue weighted by molar-refractivity contribution is 0.147. The number of hydrogen-bond donors (Lipinski definition) is 1. The molecule has 1 aliphatic carbocycles. The second kappa shape index (κ2) is 5.35. The topological polar surface area (TPSA) is 48.1 Å². The number of rotatable bonds is 2. The van der Waals surface area contributed by atoms with Gasteiger partial charge in [-0.1, -0.05) is 11.6 Å². The molecule has 4 heteroatoms. The zero-order chi connectivity index (χ0) is 13.2. The smallest absolute Gasteiger partial charge is 0.120 e. The van der Waals surface area contributed by atoms with Gasteiger partial charge in [0.25, 0.3) is 0 Å². The summed E-state index contributed by atoms with van der Waals surface area (Å²) in [5.41, 5.74) is 5.90. The van der Waals surface area contributed by atoms with E-state index in [1.807, 2.05) is 24.4 Å². The van der Waals surface area contributed by atoms with Crippen LogP contribution < -0.4 is 10.5 Å². The van der Waals surface area contributed by atoms with Gasteiger partial charge in [0.1, 0.15) is 5.75 Å². The highest BCUT2D eigenvalue weighted by molar-refractivity contribution is 6.35. The number of fused-ring (bicyclic) bond motifs is 1. The van der Waals surface area contributed by atoms with Crippen molar-refractivity contribution >= 4 is 22.4 Å². The molecule has 1 aromatic carbocycles. The first-order valence-electron chi connectivity index (χ1n) is 6.68. The van der Waals surface area contributed by atoms with Crippen molar-refractivity contribution in [1.29, 1.82) is 0 Å². The van der Waals surface area contributed by atoms with Gasteiger partial charge < -0.3 is 10.5 Å². The van der Waals surface area contributed by atoms with Crippen LogP contribution in [0.2, 0.25) is 5.02 Å². The summed E-state index contributed by atoms with van der Waals surface area (Å²) in [4.78, 5) is 4.08. The van der Waals surface area contributed by atoms with Crippen LogP contribution in [0.15, 0.2) is 30.6 Å². The molecule has 0 amide bonds. The molecule has 0 bridgehead atoms. The number of nitrogens with zero attached hydrogens (tertiary/aromatic N) is 1. The molecule has 2 aromatic rings. The fraction of sp³-hybridized carbons (Fsp3) is 0.400. The monoisotopic (exact) mass is 276 g/mol. The SMILES string of the molecule is NC1CCC(Oc2ccc3cncc(Cl)c3c2)CC1. The van der Waals surface area contributed by atoms with E-state index in [1.54, 1.807) is 6.20 Å². The van der Waals surface area contributed by atoms with E-state index in [0.717, 1.165) is 42.2 Å². The highest BCUT2D eigenvalue weighted by Gasteiger charge is 2.19. The van der Waals surface area contributed by atoms with Crippen molar-refractivity contribution < 1.29 is 4.74 Å². The summed E-state index contributed by atoms with van der Waals surface area (Å²) < 4.78 is 6.03. The first kappa shape index (κ1) is 12.7. The third kappa shape index (κ3) is 2.82. The molecule has 1 fully saturated rings. The van der Waals surface area contributed by atoms with E-state index in [2.05, 4.69) is 4.98 Å². The summed E-state index contributed by atoms with van der Waals surface area (Å²) in [5.74, 6) is 0.876. The van der Waals surface area contributed by atoms with E-state index < -0.39 is 0 Å². The van der Waals surface area contributed by atoms with Crippen LogP contribution in [0.25, 0.3) is 10.8 Å². The lowest BCUT2D eigenvalue weighted by atomic mass is 9.94. The van der Waals surface area contributed by atoms with E-state index in [9.17, 15) is 0 Å². The van der Waals surface area contributed by atoms with Crippen LogP contribution in [0.4, 0.5) is 0 Å². The van der Waals surface area contributed by atoms with Crippen LogP contribution in [0, 0.1) is 0 Å². The lowest BCUT2D eigenvalue weighted by Gasteiger charge is -2.26. The average molecular weight is 277 g/mol. The van der Waals surface area contributed by atoms with Crippen molar-refractivity contribution in [3.8, 4) is 5.75 Å². The van der Waals surface area contributed by atoms with Gasteiger partial charge in [-0.15, -0.1) is 0 Å². The summed E-state index contributed by atoms with van der Waals surface area (Å²) in [6, 6.07) is 6.32. The summed E-state index contributed by atoms with van der Waals surface area (Å²) >= 11 is 6.16. The highest BCUT2D eigenvalue weighted by Crippen LogP contribution is 2.28. The van der Waals surface area contributed by atoms with Gasteiger partial charge in [0.2, 0.25) is 0 Å². The Balaban J connectivity index is 1.80. The largest absolute Gasteiger partial charge is 0.490 e. The Morgan fingerprint density at radius 1 is 1.16 bits per heavy atom. The van der Waals surface area contributed by atoms with E-state index in [-0.39, 0.29) is 6.10 Å². The standard InChI is InChI=1S/C15H17ClN2O/c16-15-9-18-8-10-1-4-13(7-14(10)15)19-12-5-2-11(17)3-6-12/h1,4,7-9,11-12H,2-3,5-6,17H2. The van der Waals surface area contributed by atoms with Gasteiger partial charge in [-0.25, -0.2) is 0 Å². The molecule has 0 saturated heterocycles. The van der Waals surface area contributed by atoms with Gasteiger partial charge in [-0.05, 0) is 43.9 Å². The number of benzene rings is 1. The Bertz CT molecular complexity index is 579. The predicted molar refractivity (Wildman–Crippen MR) is 77.6 cm³/mol. The van der Waals surface area contributed by atoms with E-state index >= 15 is 0 Å². The van der Waals surface area contributed by atoms with Gasteiger partial charge in [0.15, 0.2) is 0 Å². The third-order valence-corrected chi connectivity index (χ3v) is 4.01. The number of hydrogen-bond acceptors (Lipinski definition) is 3. The molecular weight excluding hydrogens is 260 g/mol. The Kier molecular flexibility index (Phi) is 3.58. The summed E-state index contributed by atoms with van der Waals surface area (Å²) in [7, 11) is 0. The quantitative estimate of drug-likeness (QED) is 0.913. The predicted octanol–water partition coefficient (Wildman–Crippen LogP) is 3.54. The molecule has 0 radical (unpaired) electrons. The van der Waals surface area contributed by atoms with Crippen LogP contribution in [0.3, 0.4) is 0 Å². The fourth-order valence-corrected chi connectivity index (χ4v) is 2.80. The number of halogens is 1. The number of aromatic nitrogens is 1. The second-order valence-corrected chi connectivity index (χ2v) is 5.57. The zero-order valence-electron chi connectivity index (χ0n) is 10.7. The molecule has 19 heavy (non-hydrogen) atoms. The van der Waals surface area contributed by atoms with E-state index in [1.165, 1.54) is 0 Å². The first-order chi connectivity index (χ1) is 9.22. The lowest BCUT2D eigenvalue weighted by Crippen LogP contribution is -2.31. The highest BCUT2D eigenvalue weighted by atomic mass is 35.5. The number of ether oxygens (including phenoxy) is 1. The summed E-state index contributed by atoms with van der Waals surface area (Å²) in [6.07, 6.45) is 7.90. The summed E-state index contributed by atoms with van der Waals surface area (Å²) in [6.45, 7) is 0. The average Bonchev–Trinajstić information content (AvgIpc) is 2.42. The molecule has 1 aromatic heterocycles. The molecule has 0 aliphatic heterocycles. The van der Waals surface area contributed by atoms with Crippen molar-refractivity contribution in [3.63, 3.8) is 0 Å². The zero-order valence-corrected chi connectivity index (χ0v) is 11.4. The maximum atomic E-state index is 6.16. The number of pyridine rings is 1. The van der Waals surface area contributed by atoms with Gasteiger partial charge in [-0.3, -0.25) is 4.98 Å². The van der Waals surface area contributed by atoms with E-state index in [0.29, 0.717) is 11.1 Å². The van der Waals surface area contributed by atoms with E-state index in [4.69, 9.17) is 22.1 Å². The van der Waals surface area contributed by atoms with Gasteiger partial charge in [0, 0.05) is 29.2 Å². The van der Waals surface area contributed by atoms with Crippen molar-refractivity contribution in [1.82, 2.24) is 4.98 Å². The van der Waals surface area contributed by atoms with Crippen LogP contribution in [0.1, 0.15) is 25.7 Å². The Labute approximate surface area is 117 Å². The van der Waals surface area contributed by atoms with Gasteiger partial charge in [0.05, 0.1) is 11.1 Å². The molecular formula is C15H17ClN2O. The molecule has 1 heterocycles. The molecule has 3 rings (SSSR count). The normalized spacial score (nSPS) is 23.5. The number of nitrogens with two attached hydrogens (primary N) is 1. The third-order valence-electron chi connectivity index (χ3n) is 3.71. The maximum absolute atomic E-state index is 6.16. The summed E-state index contributed by atoms with van der Waals surface area (Å²) in [5, 5.41) is 2.68. The minimum atomic E-state index is 0.276. The molecule has 0 spiro atoms. The Morgan fingerprint density at radius 2 is 1.95 bits per heavy atom. The molecule has 100 valence electrons. The van der Waals surface area contributed by atoms with Crippen molar-refractivity contribution in [2.24, 2.45) is 5.73 Å². The van der Waals surface area contributed by atoms with Crippen molar-refractivity contribution in [2.75, 3.05) is 0 Å². The Hall–Kier alpha value is -1.32. The minimum Gasteiger partial charge on any atom is -0.490 e. The molecule has 2 N–H and O–H groups in total. The molecule has 0 atom stereocenters. The van der Waals surface area contributed by atoms with Crippen molar-refractivity contribution in [3.05, 3.63) is 35.6 Å². The van der Waals surface area contributed by atoms with Gasteiger partial charge >= 0.3 is 0 Å². The molecule has 1 aliphatic rings.